The quantitative estimate of drug-likeness (QED) is 0.723. The number of para-hydroxylation sites is 1. The standard InChI is InChI=1S/C16H14N4O2/c1-11-15(18-17-12-7-9-14(21)10-8-12)16(22)20(19-11)13-5-3-2-4-6-13/h2-10,19,21H,1H3. The number of aromatic hydroxyl groups is 1. The molecule has 1 heterocycles. The van der Waals surface area contributed by atoms with Crippen LogP contribution in [0.3, 0.4) is 0 Å². The van der Waals surface area contributed by atoms with Crippen molar-refractivity contribution in [1.82, 2.24) is 9.78 Å². The SMILES string of the molecule is Cc1[nH]n(-c2ccccc2)c(=O)c1N=Nc1ccc(O)cc1. The Balaban J connectivity index is 1.97. The van der Waals surface area contributed by atoms with Crippen LogP contribution in [0.15, 0.2) is 69.6 Å². The molecule has 0 spiro atoms. The van der Waals surface area contributed by atoms with Crippen LogP contribution in [-0.2, 0) is 0 Å². The van der Waals surface area contributed by atoms with Gasteiger partial charge in [0, 0.05) is 0 Å². The van der Waals surface area contributed by atoms with Gasteiger partial charge in [-0.25, -0.2) is 4.68 Å². The fraction of sp³-hybridized carbons (Fsp3) is 0.0625. The summed E-state index contributed by atoms with van der Waals surface area (Å²) in [6.07, 6.45) is 0. The van der Waals surface area contributed by atoms with Crippen LogP contribution in [0.25, 0.3) is 5.69 Å². The van der Waals surface area contributed by atoms with Gasteiger partial charge in [-0.05, 0) is 43.3 Å². The van der Waals surface area contributed by atoms with Gasteiger partial charge in [0.05, 0.1) is 17.1 Å². The zero-order valence-corrected chi connectivity index (χ0v) is 11.9. The molecular weight excluding hydrogens is 280 g/mol. The molecule has 6 nitrogen and oxygen atoms in total. The number of aromatic amines is 1. The van der Waals surface area contributed by atoms with E-state index in [0.29, 0.717) is 11.4 Å². The Morgan fingerprint density at radius 3 is 2.36 bits per heavy atom. The zero-order chi connectivity index (χ0) is 15.5. The highest BCUT2D eigenvalue weighted by molar-refractivity contribution is 5.45. The van der Waals surface area contributed by atoms with E-state index in [4.69, 9.17) is 0 Å². The fourth-order valence-corrected chi connectivity index (χ4v) is 2.04. The molecule has 0 aliphatic rings. The van der Waals surface area contributed by atoms with E-state index < -0.39 is 0 Å². The zero-order valence-electron chi connectivity index (χ0n) is 11.9. The van der Waals surface area contributed by atoms with E-state index in [9.17, 15) is 9.90 Å². The molecule has 22 heavy (non-hydrogen) atoms. The van der Waals surface area contributed by atoms with E-state index in [1.165, 1.54) is 16.8 Å². The molecule has 0 saturated heterocycles. The highest BCUT2D eigenvalue weighted by Gasteiger charge is 2.11. The largest absolute Gasteiger partial charge is 0.508 e. The first-order valence-corrected chi connectivity index (χ1v) is 6.73. The normalized spacial score (nSPS) is 11.1. The molecule has 0 bridgehead atoms. The van der Waals surface area contributed by atoms with Gasteiger partial charge >= 0.3 is 0 Å². The minimum absolute atomic E-state index is 0.156. The van der Waals surface area contributed by atoms with Crippen molar-refractivity contribution in [3.63, 3.8) is 0 Å². The summed E-state index contributed by atoms with van der Waals surface area (Å²) in [6, 6.07) is 15.5. The number of benzene rings is 2. The second-order valence-corrected chi connectivity index (χ2v) is 4.78. The number of phenols is 1. The Bertz CT molecular complexity index is 861. The number of H-pyrrole nitrogens is 1. The molecule has 0 fully saturated rings. The number of nitrogens with zero attached hydrogens (tertiary/aromatic N) is 3. The summed E-state index contributed by atoms with van der Waals surface area (Å²) < 4.78 is 1.43. The number of nitrogens with one attached hydrogen (secondary N) is 1. The predicted molar refractivity (Wildman–Crippen MR) is 83.4 cm³/mol. The van der Waals surface area contributed by atoms with Gasteiger partial charge in [-0.3, -0.25) is 9.89 Å². The van der Waals surface area contributed by atoms with Crippen molar-refractivity contribution in [2.24, 2.45) is 10.2 Å². The third-order valence-corrected chi connectivity index (χ3v) is 3.17. The monoisotopic (exact) mass is 294 g/mol. The average Bonchev–Trinajstić information content (AvgIpc) is 2.82. The van der Waals surface area contributed by atoms with Crippen LogP contribution in [0.1, 0.15) is 5.69 Å². The van der Waals surface area contributed by atoms with Crippen LogP contribution < -0.4 is 5.56 Å². The lowest BCUT2D eigenvalue weighted by atomic mass is 10.3. The summed E-state index contributed by atoms with van der Waals surface area (Å²) in [5.74, 6) is 0.156. The molecule has 2 aromatic carbocycles. The number of hydrogen-bond acceptors (Lipinski definition) is 4. The van der Waals surface area contributed by atoms with Crippen LogP contribution >= 0.6 is 0 Å². The highest BCUT2D eigenvalue weighted by Crippen LogP contribution is 2.20. The maximum atomic E-state index is 12.4. The Kier molecular flexibility index (Phi) is 3.57. The number of rotatable bonds is 3. The summed E-state index contributed by atoms with van der Waals surface area (Å²) in [5.41, 5.74) is 1.94. The first kappa shape index (κ1) is 13.8. The first-order chi connectivity index (χ1) is 10.6. The predicted octanol–water partition coefficient (Wildman–Crippen LogP) is 3.60. The third-order valence-electron chi connectivity index (χ3n) is 3.17. The molecule has 0 amide bonds. The van der Waals surface area contributed by atoms with Gasteiger partial charge in [0.15, 0.2) is 5.69 Å². The third kappa shape index (κ3) is 2.67. The van der Waals surface area contributed by atoms with E-state index in [1.807, 2.05) is 30.3 Å². The number of aromatic nitrogens is 2. The summed E-state index contributed by atoms with van der Waals surface area (Å²) in [6.45, 7) is 1.77. The Morgan fingerprint density at radius 1 is 1.00 bits per heavy atom. The second-order valence-electron chi connectivity index (χ2n) is 4.78. The topological polar surface area (TPSA) is 82.7 Å². The molecule has 0 radical (unpaired) electrons. The van der Waals surface area contributed by atoms with Gasteiger partial charge in [-0.15, -0.1) is 5.11 Å². The van der Waals surface area contributed by atoms with E-state index in [1.54, 1.807) is 19.1 Å². The van der Waals surface area contributed by atoms with Crippen LogP contribution in [-0.4, -0.2) is 14.9 Å². The number of aryl methyl sites for hydroxylation is 1. The van der Waals surface area contributed by atoms with Crippen molar-refractivity contribution < 1.29 is 5.11 Å². The highest BCUT2D eigenvalue weighted by atomic mass is 16.3. The van der Waals surface area contributed by atoms with Gasteiger partial charge in [0.1, 0.15) is 5.75 Å². The molecular formula is C16H14N4O2. The van der Waals surface area contributed by atoms with Crippen LogP contribution in [0.4, 0.5) is 11.4 Å². The van der Waals surface area contributed by atoms with Crippen molar-refractivity contribution >= 4 is 11.4 Å². The fourth-order valence-electron chi connectivity index (χ4n) is 2.04. The molecule has 3 aromatic rings. The van der Waals surface area contributed by atoms with Crippen molar-refractivity contribution in [1.29, 1.82) is 0 Å². The van der Waals surface area contributed by atoms with Crippen LogP contribution in [0.5, 0.6) is 5.75 Å². The summed E-state index contributed by atoms with van der Waals surface area (Å²) in [5, 5.41) is 20.3. The molecule has 3 rings (SSSR count). The van der Waals surface area contributed by atoms with Crippen LogP contribution in [0, 0.1) is 6.92 Å². The molecule has 0 aliphatic heterocycles. The van der Waals surface area contributed by atoms with Crippen molar-refractivity contribution in [2.75, 3.05) is 0 Å². The lowest BCUT2D eigenvalue weighted by Gasteiger charge is -1.99. The molecule has 0 aliphatic carbocycles. The van der Waals surface area contributed by atoms with Gasteiger partial charge in [-0.2, -0.15) is 5.11 Å². The number of phenolic OH excluding ortho intramolecular Hbond substituents is 1. The molecule has 0 atom stereocenters. The summed E-state index contributed by atoms with van der Waals surface area (Å²) in [7, 11) is 0. The molecule has 2 N–H and O–H groups in total. The first-order valence-electron chi connectivity index (χ1n) is 6.73. The van der Waals surface area contributed by atoms with Crippen molar-refractivity contribution in [2.45, 2.75) is 6.92 Å². The maximum absolute atomic E-state index is 12.4. The maximum Gasteiger partial charge on any atom is 0.299 e. The van der Waals surface area contributed by atoms with Gasteiger partial charge in [0.25, 0.3) is 5.56 Å². The van der Waals surface area contributed by atoms with Gasteiger partial charge in [0.2, 0.25) is 0 Å². The van der Waals surface area contributed by atoms with Gasteiger partial charge in [-0.1, -0.05) is 18.2 Å². The van der Waals surface area contributed by atoms with E-state index >= 15 is 0 Å². The molecule has 0 unspecified atom stereocenters. The van der Waals surface area contributed by atoms with Crippen molar-refractivity contribution in [3.05, 3.63) is 70.6 Å². The van der Waals surface area contributed by atoms with E-state index in [-0.39, 0.29) is 17.0 Å². The number of azo groups is 1. The van der Waals surface area contributed by atoms with Gasteiger partial charge < -0.3 is 5.11 Å². The molecule has 110 valence electrons. The lowest BCUT2D eigenvalue weighted by molar-refractivity contribution is 0.475. The smallest absolute Gasteiger partial charge is 0.299 e. The van der Waals surface area contributed by atoms with E-state index in [2.05, 4.69) is 15.3 Å². The Hall–Kier alpha value is -3.15. The minimum Gasteiger partial charge on any atom is -0.508 e. The van der Waals surface area contributed by atoms with Crippen LogP contribution in [0.2, 0.25) is 0 Å². The number of hydrogen-bond donors (Lipinski definition) is 2. The molecule has 1 aromatic heterocycles. The molecule has 6 heteroatoms. The summed E-state index contributed by atoms with van der Waals surface area (Å²) in [4.78, 5) is 12.4. The Labute approximate surface area is 126 Å². The van der Waals surface area contributed by atoms with Crippen molar-refractivity contribution in [3.8, 4) is 11.4 Å². The Morgan fingerprint density at radius 2 is 1.68 bits per heavy atom. The average molecular weight is 294 g/mol. The lowest BCUT2D eigenvalue weighted by Crippen LogP contribution is -2.13. The minimum atomic E-state index is -0.258. The summed E-state index contributed by atoms with van der Waals surface area (Å²) >= 11 is 0. The second kappa shape index (κ2) is 5.69. The van der Waals surface area contributed by atoms with E-state index in [0.717, 1.165) is 5.69 Å². The molecule has 0 saturated carbocycles.